The van der Waals surface area contributed by atoms with Crippen LogP contribution in [-0.2, 0) is 5.41 Å². The van der Waals surface area contributed by atoms with Gasteiger partial charge in [-0.05, 0) is 94.5 Å². The third-order valence-electron chi connectivity index (χ3n) is 8.14. The summed E-state index contributed by atoms with van der Waals surface area (Å²) in [5.74, 6) is -1.69. The first-order valence-corrected chi connectivity index (χ1v) is 13.7. The predicted molar refractivity (Wildman–Crippen MR) is 166 cm³/mol. The fourth-order valence-electron chi connectivity index (χ4n) is 6.17. The molecule has 0 aliphatic carbocycles. The van der Waals surface area contributed by atoms with Crippen molar-refractivity contribution < 1.29 is 8.78 Å². The Balaban J connectivity index is 1.66. The van der Waals surface area contributed by atoms with Crippen LogP contribution in [0.25, 0.3) is 65.3 Å². The maximum Gasteiger partial charge on any atom is 0.159 e. The monoisotopic (exact) mass is 522 g/mol. The van der Waals surface area contributed by atoms with E-state index >= 15 is 4.39 Å². The molecule has 7 rings (SSSR count). The summed E-state index contributed by atoms with van der Waals surface area (Å²) in [5.41, 5.74) is 5.06. The zero-order chi connectivity index (χ0) is 27.6. The van der Waals surface area contributed by atoms with Gasteiger partial charge in [0.2, 0.25) is 0 Å². The molecule has 0 amide bonds. The molecule has 2 heteroatoms. The normalized spacial score (nSPS) is 12.1. The second-order valence-corrected chi connectivity index (χ2v) is 11.6. The number of benzene rings is 7. The van der Waals surface area contributed by atoms with Crippen molar-refractivity contribution >= 4 is 43.1 Å². The summed E-state index contributed by atoms with van der Waals surface area (Å²) in [6, 6.07) is 38.3. The van der Waals surface area contributed by atoms with Gasteiger partial charge in [0.1, 0.15) is 0 Å². The van der Waals surface area contributed by atoms with E-state index in [2.05, 4.69) is 93.6 Å². The molecule has 0 atom stereocenters. The van der Waals surface area contributed by atoms with Crippen LogP contribution in [0.1, 0.15) is 26.3 Å². The van der Waals surface area contributed by atoms with Crippen LogP contribution in [0.4, 0.5) is 8.78 Å². The Bertz CT molecular complexity index is 2090. The summed E-state index contributed by atoms with van der Waals surface area (Å²) in [4.78, 5) is 0. The lowest BCUT2D eigenvalue weighted by atomic mass is 9.82. The highest BCUT2D eigenvalue weighted by Crippen LogP contribution is 2.47. The molecule has 7 aromatic carbocycles. The van der Waals surface area contributed by atoms with Crippen molar-refractivity contribution in [3.8, 4) is 22.3 Å². The molecule has 0 nitrogen and oxygen atoms in total. The SMILES string of the molecule is CC(C)(C)c1ccc(-c2c3ccccc3c(-c3cc4ccccc4c4ccccc34)c3cc(F)c(F)cc23)cc1. The van der Waals surface area contributed by atoms with E-state index in [0.29, 0.717) is 10.8 Å². The number of hydrogen-bond donors (Lipinski definition) is 0. The summed E-state index contributed by atoms with van der Waals surface area (Å²) in [6.07, 6.45) is 0. The standard InChI is InChI=1S/C38H28F2/c1-38(2,3)25-18-16-23(17-19-25)36-29-14-8-9-15-30(29)37(33-22-35(40)34(39)21-32(33)36)31-20-24-10-4-5-11-26(24)27-12-6-7-13-28(27)31/h4-22H,1-3H3. The van der Waals surface area contributed by atoms with Gasteiger partial charge in [0.05, 0.1) is 0 Å². The van der Waals surface area contributed by atoms with Crippen LogP contribution >= 0.6 is 0 Å². The van der Waals surface area contributed by atoms with Crippen LogP contribution in [0.5, 0.6) is 0 Å². The summed E-state index contributed by atoms with van der Waals surface area (Å²) >= 11 is 0. The maximum absolute atomic E-state index is 15.1. The summed E-state index contributed by atoms with van der Waals surface area (Å²) < 4.78 is 30.0. The molecule has 0 fully saturated rings. The molecule has 194 valence electrons. The van der Waals surface area contributed by atoms with E-state index in [1.165, 1.54) is 23.1 Å². The van der Waals surface area contributed by atoms with E-state index in [1.54, 1.807) is 0 Å². The first kappa shape index (κ1) is 24.5. The van der Waals surface area contributed by atoms with Crippen molar-refractivity contribution in [2.75, 3.05) is 0 Å². The smallest absolute Gasteiger partial charge is 0.159 e. The van der Waals surface area contributed by atoms with E-state index in [-0.39, 0.29) is 5.41 Å². The number of hydrogen-bond acceptors (Lipinski definition) is 0. The van der Waals surface area contributed by atoms with Gasteiger partial charge in [0.15, 0.2) is 11.6 Å². The summed E-state index contributed by atoms with van der Waals surface area (Å²) in [5, 5.41) is 7.92. The topological polar surface area (TPSA) is 0 Å². The first-order valence-electron chi connectivity index (χ1n) is 13.7. The molecule has 0 N–H and O–H groups in total. The van der Waals surface area contributed by atoms with Gasteiger partial charge in [-0.25, -0.2) is 8.78 Å². The summed E-state index contributed by atoms with van der Waals surface area (Å²) in [6.45, 7) is 6.56. The van der Waals surface area contributed by atoms with Crippen molar-refractivity contribution in [1.82, 2.24) is 0 Å². The highest BCUT2D eigenvalue weighted by molar-refractivity contribution is 6.25. The van der Waals surface area contributed by atoms with Crippen molar-refractivity contribution in [3.05, 3.63) is 132 Å². The lowest BCUT2D eigenvalue weighted by Crippen LogP contribution is -2.10. The number of rotatable bonds is 2. The molecule has 0 spiro atoms. The second-order valence-electron chi connectivity index (χ2n) is 11.6. The van der Waals surface area contributed by atoms with Crippen molar-refractivity contribution in [1.29, 1.82) is 0 Å². The van der Waals surface area contributed by atoms with Gasteiger partial charge < -0.3 is 0 Å². The van der Waals surface area contributed by atoms with Gasteiger partial charge in [-0.1, -0.05) is 118 Å². The minimum Gasteiger partial charge on any atom is -0.204 e. The van der Waals surface area contributed by atoms with Gasteiger partial charge in [-0.2, -0.15) is 0 Å². The molecule has 0 saturated heterocycles. The van der Waals surface area contributed by atoms with E-state index in [0.717, 1.165) is 49.2 Å². The van der Waals surface area contributed by atoms with Gasteiger partial charge >= 0.3 is 0 Å². The third-order valence-corrected chi connectivity index (χ3v) is 8.14. The molecule has 0 radical (unpaired) electrons. The summed E-state index contributed by atoms with van der Waals surface area (Å²) in [7, 11) is 0. The van der Waals surface area contributed by atoms with Gasteiger partial charge in [-0.3, -0.25) is 0 Å². The predicted octanol–water partition coefficient (Wildman–Crippen LogP) is 11.2. The number of fused-ring (bicyclic) bond motifs is 5. The van der Waals surface area contributed by atoms with Crippen molar-refractivity contribution in [2.45, 2.75) is 26.2 Å². The Morgan fingerprint density at radius 1 is 0.450 bits per heavy atom. The molecule has 0 aromatic heterocycles. The van der Waals surface area contributed by atoms with Gasteiger partial charge in [0, 0.05) is 0 Å². The molecule has 0 unspecified atom stereocenters. The van der Waals surface area contributed by atoms with Crippen LogP contribution in [0, 0.1) is 11.6 Å². The Kier molecular flexibility index (Phi) is 5.50. The highest BCUT2D eigenvalue weighted by Gasteiger charge is 2.21. The minimum atomic E-state index is -0.844. The molecule has 0 aliphatic rings. The quantitative estimate of drug-likeness (QED) is 0.156. The molecule has 0 heterocycles. The van der Waals surface area contributed by atoms with E-state index < -0.39 is 11.6 Å². The molecule has 0 aliphatic heterocycles. The molecule has 0 saturated carbocycles. The zero-order valence-corrected chi connectivity index (χ0v) is 22.7. The molecular weight excluding hydrogens is 494 g/mol. The van der Waals surface area contributed by atoms with E-state index in [1.807, 2.05) is 30.3 Å². The number of halogens is 2. The van der Waals surface area contributed by atoms with Crippen molar-refractivity contribution in [2.24, 2.45) is 0 Å². The molecule has 40 heavy (non-hydrogen) atoms. The van der Waals surface area contributed by atoms with Gasteiger partial charge in [0.25, 0.3) is 0 Å². The maximum atomic E-state index is 15.1. The minimum absolute atomic E-state index is 0.0128. The van der Waals surface area contributed by atoms with Crippen LogP contribution in [-0.4, -0.2) is 0 Å². The second kappa shape index (κ2) is 8.99. The lowest BCUT2D eigenvalue weighted by molar-refractivity contribution is 0.511. The third kappa shape index (κ3) is 3.78. The Hall–Kier alpha value is -4.56. The van der Waals surface area contributed by atoms with Crippen LogP contribution in [0.3, 0.4) is 0 Å². The Morgan fingerprint density at radius 3 is 1.57 bits per heavy atom. The average Bonchev–Trinajstić information content (AvgIpc) is 2.96. The fraction of sp³-hybridized carbons (Fsp3) is 0.105. The average molecular weight is 523 g/mol. The van der Waals surface area contributed by atoms with Gasteiger partial charge in [-0.15, -0.1) is 0 Å². The van der Waals surface area contributed by atoms with E-state index in [9.17, 15) is 4.39 Å². The molecule has 7 aromatic rings. The highest BCUT2D eigenvalue weighted by atomic mass is 19.2. The van der Waals surface area contributed by atoms with Crippen molar-refractivity contribution in [3.63, 3.8) is 0 Å². The largest absolute Gasteiger partial charge is 0.204 e. The van der Waals surface area contributed by atoms with Crippen LogP contribution in [0.2, 0.25) is 0 Å². The lowest BCUT2D eigenvalue weighted by Gasteiger charge is -2.21. The van der Waals surface area contributed by atoms with Crippen LogP contribution < -0.4 is 0 Å². The van der Waals surface area contributed by atoms with Crippen LogP contribution in [0.15, 0.2) is 115 Å². The Morgan fingerprint density at radius 2 is 0.950 bits per heavy atom. The molecular formula is C38H28F2. The Labute approximate surface area is 232 Å². The van der Waals surface area contributed by atoms with E-state index in [4.69, 9.17) is 0 Å². The molecule has 0 bridgehead atoms. The first-order chi connectivity index (χ1) is 19.3. The zero-order valence-electron chi connectivity index (χ0n) is 22.7. The fourth-order valence-corrected chi connectivity index (χ4v) is 6.17.